The van der Waals surface area contributed by atoms with Gasteiger partial charge in [0.25, 0.3) is 0 Å². The predicted octanol–water partition coefficient (Wildman–Crippen LogP) is -0.315. The third-order valence-corrected chi connectivity index (χ3v) is 1.47. The number of aliphatic hydroxyl groups excluding tert-OH is 1. The molecule has 0 saturated carbocycles. The Morgan fingerprint density at radius 3 is 2.40 bits per heavy atom. The molecule has 0 aliphatic rings. The third kappa shape index (κ3) is 9.96. The fraction of sp³-hybridized carbons (Fsp3) is 0.778. The Morgan fingerprint density at radius 1 is 1.33 bits per heavy atom. The van der Waals surface area contributed by atoms with Crippen LogP contribution in [0.2, 0.25) is 0 Å². The van der Waals surface area contributed by atoms with Gasteiger partial charge in [0.15, 0.2) is 6.79 Å². The van der Waals surface area contributed by atoms with Crippen LogP contribution in [0.5, 0.6) is 0 Å². The second-order valence-electron chi connectivity index (χ2n) is 2.90. The summed E-state index contributed by atoms with van der Waals surface area (Å²) in [5, 5.41) is 8.26. The van der Waals surface area contributed by atoms with E-state index in [1.54, 1.807) is 6.92 Å². The number of rotatable bonds is 6. The van der Waals surface area contributed by atoms with Gasteiger partial charge in [0, 0.05) is 6.42 Å². The molecular weight excluding hydrogens is 212 g/mol. The van der Waals surface area contributed by atoms with Gasteiger partial charge in [0.2, 0.25) is 0 Å². The number of carbonyl (C=O) groups excluding carboxylic acids is 2. The smallest absolute Gasteiger partial charge is 0.316 e. The molecule has 0 spiro atoms. The van der Waals surface area contributed by atoms with E-state index in [2.05, 4.69) is 4.74 Å². The Balaban J connectivity index is 0. The lowest BCUT2D eigenvalue weighted by atomic mass is 10.3. The SMILES string of the molecule is CCCC(=O)OC(C)CC(=O)OCO.[MgH2]. The van der Waals surface area contributed by atoms with Crippen LogP contribution in [-0.2, 0) is 19.1 Å². The molecular formula is C9H18MgO5. The molecule has 0 radical (unpaired) electrons. The van der Waals surface area contributed by atoms with Crippen molar-refractivity contribution in [3.63, 3.8) is 0 Å². The maximum Gasteiger partial charge on any atom is 0.316 e. The molecule has 0 heterocycles. The standard InChI is InChI=1S/C9H16O5.Mg.2H/c1-3-4-8(11)14-7(2)5-9(12)13-6-10;;;/h7,10H,3-6H2,1-2H3;;;. The van der Waals surface area contributed by atoms with E-state index in [0.717, 1.165) is 0 Å². The molecule has 0 fully saturated rings. The van der Waals surface area contributed by atoms with Crippen molar-refractivity contribution >= 4 is 35.0 Å². The number of carbonyl (C=O) groups is 2. The van der Waals surface area contributed by atoms with Crippen LogP contribution in [0.4, 0.5) is 0 Å². The highest BCUT2D eigenvalue weighted by Gasteiger charge is 2.13. The van der Waals surface area contributed by atoms with Gasteiger partial charge >= 0.3 is 35.0 Å². The summed E-state index contributed by atoms with van der Waals surface area (Å²) in [6, 6.07) is 0. The summed E-state index contributed by atoms with van der Waals surface area (Å²) in [6.45, 7) is 2.83. The molecule has 0 rings (SSSR count). The number of aliphatic hydroxyl groups is 1. The van der Waals surface area contributed by atoms with Gasteiger partial charge < -0.3 is 14.6 Å². The van der Waals surface area contributed by atoms with Crippen LogP contribution in [-0.4, -0.2) is 53.0 Å². The van der Waals surface area contributed by atoms with Crippen LogP contribution in [0.3, 0.4) is 0 Å². The van der Waals surface area contributed by atoms with E-state index in [-0.39, 0.29) is 35.4 Å². The van der Waals surface area contributed by atoms with Gasteiger partial charge in [-0.05, 0) is 13.3 Å². The molecule has 1 N–H and O–H groups in total. The van der Waals surface area contributed by atoms with Crippen molar-refractivity contribution in [3.05, 3.63) is 0 Å². The minimum atomic E-state index is -0.644. The Kier molecular flexibility index (Phi) is 11.6. The Morgan fingerprint density at radius 2 is 1.93 bits per heavy atom. The number of hydrogen-bond acceptors (Lipinski definition) is 5. The van der Waals surface area contributed by atoms with E-state index in [1.165, 1.54) is 0 Å². The maximum absolute atomic E-state index is 11.0. The van der Waals surface area contributed by atoms with Crippen LogP contribution in [0.1, 0.15) is 33.1 Å². The lowest BCUT2D eigenvalue weighted by Crippen LogP contribution is -2.20. The van der Waals surface area contributed by atoms with Crippen molar-refractivity contribution in [2.45, 2.75) is 39.2 Å². The average Bonchev–Trinajstić information content (AvgIpc) is 2.03. The monoisotopic (exact) mass is 230 g/mol. The predicted molar refractivity (Wildman–Crippen MR) is 56.8 cm³/mol. The largest absolute Gasteiger partial charge is 0.462 e. The minimum Gasteiger partial charge on any atom is -0.462 e. The van der Waals surface area contributed by atoms with Crippen molar-refractivity contribution in [1.29, 1.82) is 0 Å². The van der Waals surface area contributed by atoms with E-state index in [4.69, 9.17) is 9.84 Å². The van der Waals surface area contributed by atoms with Crippen LogP contribution < -0.4 is 0 Å². The van der Waals surface area contributed by atoms with Crippen LogP contribution in [0.25, 0.3) is 0 Å². The molecule has 0 saturated heterocycles. The van der Waals surface area contributed by atoms with Gasteiger partial charge in [-0.3, -0.25) is 9.59 Å². The van der Waals surface area contributed by atoms with E-state index in [9.17, 15) is 9.59 Å². The van der Waals surface area contributed by atoms with E-state index in [1.807, 2.05) is 6.92 Å². The lowest BCUT2D eigenvalue weighted by Gasteiger charge is -2.11. The lowest BCUT2D eigenvalue weighted by molar-refractivity contribution is -0.158. The Bertz CT molecular complexity index is 175. The fourth-order valence-electron chi connectivity index (χ4n) is 0.895. The van der Waals surface area contributed by atoms with E-state index < -0.39 is 18.9 Å². The average molecular weight is 231 g/mol. The molecule has 0 amide bonds. The zero-order chi connectivity index (χ0) is 11.0. The first-order valence-corrected chi connectivity index (χ1v) is 4.56. The normalized spacial score (nSPS) is 11.1. The van der Waals surface area contributed by atoms with Crippen LogP contribution in [0.15, 0.2) is 0 Å². The summed E-state index contributed by atoms with van der Waals surface area (Å²) < 4.78 is 9.17. The number of ether oxygens (including phenoxy) is 2. The summed E-state index contributed by atoms with van der Waals surface area (Å²) in [4.78, 5) is 21.8. The van der Waals surface area contributed by atoms with Gasteiger partial charge in [-0.1, -0.05) is 6.92 Å². The molecule has 15 heavy (non-hydrogen) atoms. The molecule has 6 heteroatoms. The van der Waals surface area contributed by atoms with Gasteiger partial charge in [-0.25, -0.2) is 0 Å². The van der Waals surface area contributed by atoms with Gasteiger partial charge in [-0.2, -0.15) is 0 Å². The highest BCUT2D eigenvalue weighted by atomic mass is 24.3. The van der Waals surface area contributed by atoms with E-state index >= 15 is 0 Å². The summed E-state index contributed by atoms with van der Waals surface area (Å²) in [5.41, 5.74) is 0. The Hall–Kier alpha value is -0.334. The highest BCUT2D eigenvalue weighted by Crippen LogP contribution is 2.02. The van der Waals surface area contributed by atoms with Crippen LogP contribution in [0, 0.1) is 0 Å². The highest BCUT2D eigenvalue weighted by molar-refractivity contribution is 5.75. The van der Waals surface area contributed by atoms with Crippen molar-refractivity contribution in [3.8, 4) is 0 Å². The molecule has 5 nitrogen and oxygen atoms in total. The van der Waals surface area contributed by atoms with Crippen LogP contribution >= 0.6 is 0 Å². The first kappa shape index (κ1) is 17.1. The molecule has 1 unspecified atom stereocenters. The first-order chi connectivity index (χ1) is 6.60. The topological polar surface area (TPSA) is 72.8 Å². The molecule has 0 aliphatic carbocycles. The molecule has 0 bridgehead atoms. The maximum atomic E-state index is 11.0. The second-order valence-corrected chi connectivity index (χ2v) is 2.90. The zero-order valence-electron chi connectivity index (χ0n) is 8.49. The molecule has 86 valence electrons. The summed E-state index contributed by atoms with van der Waals surface area (Å²) in [5.74, 6) is -0.902. The fourth-order valence-corrected chi connectivity index (χ4v) is 0.895. The van der Waals surface area contributed by atoms with E-state index in [0.29, 0.717) is 12.8 Å². The molecule has 0 aromatic carbocycles. The third-order valence-electron chi connectivity index (χ3n) is 1.47. The molecule has 1 atom stereocenters. The summed E-state index contributed by atoms with van der Waals surface area (Å²) >= 11 is 0. The molecule has 0 aromatic rings. The van der Waals surface area contributed by atoms with Gasteiger partial charge in [0.1, 0.15) is 6.10 Å². The van der Waals surface area contributed by atoms with Gasteiger partial charge in [-0.15, -0.1) is 0 Å². The van der Waals surface area contributed by atoms with Gasteiger partial charge in [0.05, 0.1) is 6.42 Å². The molecule has 0 aromatic heterocycles. The molecule has 0 aliphatic heterocycles. The van der Waals surface area contributed by atoms with Crippen molar-refractivity contribution < 1.29 is 24.2 Å². The van der Waals surface area contributed by atoms with Crippen molar-refractivity contribution in [1.82, 2.24) is 0 Å². The van der Waals surface area contributed by atoms with Crippen molar-refractivity contribution in [2.24, 2.45) is 0 Å². The quantitative estimate of drug-likeness (QED) is 0.385. The summed E-state index contributed by atoms with van der Waals surface area (Å²) in [6.07, 6.45) is 0.523. The van der Waals surface area contributed by atoms with Crippen molar-refractivity contribution in [2.75, 3.05) is 6.79 Å². The zero-order valence-corrected chi connectivity index (χ0v) is 8.49. The minimum absolute atomic E-state index is 0. The second kappa shape index (κ2) is 10.2. The number of esters is 2. The first-order valence-electron chi connectivity index (χ1n) is 4.56. The summed E-state index contributed by atoms with van der Waals surface area (Å²) in [7, 11) is 0. The number of hydrogen-bond donors (Lipinski definition) is 1. The Labute approximate surface area is 105 Å².